The van der Waals surface area contributed by atoms with Gasteiger partial charge in [0, 0.05) is 0 Å². The Hall–Kier alpha value is -2.27. The van der Waals surface area contributed by atoms with Crippen LogP contribution in [0.25, 0.3) is 0 Å². The molecular formula is C12H9ClN2O3. The zero-order valence-electron chi connectivity index (χ0n) is 9.14. The zero-order valence-corrected chi connectivity index (χ0v) is 9.90. The molecule has 0 bridgehead atoms. The number of benzene rings is 1. The highest BCUT2D eigenvalue weighted by Crippen LogP contribution is 2.20. The van der Waals surface area contributed by atoms with Gasteiger partial charge in [-0.15, -0.1) is 0 Å². The lowest BCUT2D eigenvalue weighted by Crippen LogP contribution is -2.18. The van der Waals surface area contributed by atoms with E-state index >= 15 is 0 Å². The number of hydrogen-bond acceptors (Lipinski definition) is 3. The molecule has 1 aromatic heterocycles. The van der Waals surface area contributed by atoms with Crippen molar-refractivity contribution in [2.24, 2.45) is 5.73 Å². The van der Waals surface area contributed by atoms with Crippen LogP contribution in [0.3, 0.4) is 0 Å². The number of furan rings is 1. The van der Waals surface area contributed by atoms with Gasteiger partial charge < -0.3 is 15.5 Å². The van der Waals surface area contributed by atoms with E-state index in [9.17, 15) is 9.59 Å². The summed E-state index contributed by atoms with van der Waals surface area (Å²) in [6, 6.07) is 7.87. The zero-order chi connectivity index (χ0) is 13.1. The number of carbonyl (C=O) groups is 2. The van der Waals surface area contributed by atoms with Crippen molar-refractivity contribution in [1.82, 2.24) is 0 Å². The van der Waals surface area contributed by atoms with E-state index in [1.54, 1.807) is 18.2 Å². The molecule has 1 aromatic carbocycles. The Bertz CT molecular complexity index is 607. The lowest BCUT2D eigenvalue weighted by molar-refractivity contribution is 0.100. The van der Waals surface area contributed by atoms with Gasteiger partial charge in [-0.2, -0.15) is 0 Å². The van der Waals surface area contributed by atoms with E-state index < -0.39 is 11.8 Å². The number of para-hydroxylation sites is 1. The number of nitrogens with one attached hydrogen (secondary N) is 1. The van der Waals surface area contributed by atoms with Gasteiger partial charge in [0.15, 0.2) is 0 Å². The van der Waals surface area contributed by atoms with Crippen LogP contribution in [0.5, 0.6) is 0 Å². The summed E-state index contributed by atoms with van der Waals surface area (Å²) in [5.74, 6) is -1.09. The van der Waals surface area contributed by atoms with Crippen molar-refractivity contribution < 1.29 is 14.0 Å². The quantitative estimate of drug-likeness (QED) is 0.892. The number of nitrogens with two attached hydrogens (primary N) is 1. The predicted molar refractivity (Wildman–Crippen MR) is 66.6 cm³/mol. The van der Waals surface area contributed by atoms with Crippen molar-refractivity contribution in [2.45, 2.75) is 0 Å². The van der Waals surface area contributed by atoms with Crippen molar-refractivity contribution in [2.75, 3.05) is 5.32 Å². The summed E-state index contributed by atoms with van der Waals surface area (Å²) in [5, 5.41) is 2.54. The standard InChI is InChI=1S/C12H9ClN2O3/c13-10-8(5-6-18-10)12(17)15-9-4-2-1-3-7(9)11(14)16/h1-6H,(H2,14,16)(H,15,17). The molecule has 2 aromatic rings. The van der Waals surface area contributed by atoms with Crippen molar-refractivity contribution in [3.63, 3.8) is 0 Å². The second kappa shape index (κ2) is 4.93. The number of carbonyl (C=O) groups excluding carboxylic acids is 2. The molecule has 18 heavy (non-hydrogen) atoms. The van der Waals surface area contributed by atoms with Gasteiger partial charge in [-0.25, -0.2) is 0 Å². The summed E-state index contributed by atoms with van der Waals surface area (Å²) in [6.07, 6.45) is 1.30. The van der Waals surface area contributed by atoms with E-state index in [2.05, 4.69) is 5.32 Å². The topological polar surface area (TPSA) is 85.3 Å². The van der Waals surface area contributed by atoms with Crippen LogP contribution < -0.4 is 11.1 Å². The maximum absolute atomic E-state index is 11.9. The normalized spacial score (nSPS) is 10.1. The van der Waals surface area contributed by atoms with Gasteiger partial charge in [0.25, 0.3) is 11.8 Å². The van der Waals surface area contributed by atoms with Crippen LogP contribution in [0.1, 0.15) is 20.7 Å². The Labute approximate surface area is 108 Å². The van der Waals surface area contributed by atoms with Crippen molar-refractivity contribution in [1.29, 1.82) is 0 Å². The minimum atomic E-state index is -0.621. The molecular weight excluding hydrogens is 256 g/mol. The van der Waals surface area contributed by atoms with Crippen LogP contribution in [0.4, 0.5) is 5.69 Å². The van der Waals surface area contributed by atoms with Gasteiger partial charge in [-0.05, 0) is 29.8 Å². The van der Waals surface area contributed by atoms with E-state index in [0.29, 0.717) is 5.69 Å². The molecule has 0 spiro atoms. The fourth-order valence-corrected chi connectivity index (χ4v) is 1.65. The molecule has 5 nitrogen and oxygen atoms in total. The molecule has 0 saturated carbocycles. The molecule has 1 heterocycles. The highest BCUT2D eigenvalue weighted by Gasteiger charge is 2.15. The van der Waals surface area contributed by atoms with Crippen LogP contribution >= 0.6 is 11.6 Å². The van der Waals surface area contributed by atoms with Crippen LogP contribution in [0.2, 0.25) is 5.22 Å². The monoisotopic (exact) mass is 264 g/mol. The number of halogens is 1. The van der Waals surface area contributed by atoms with Gasteiger partial charge in [0.2, 0.25) is 5.22 Å². The molecule has 2 rings (SSSR count). The SMILES string of the molecule is NC(=O)c1ccccc1NC(=O)c1ccoc1Cl. The summed E-state index contributed by atoms with van der Waals surface area (Å²) < 4.78 is 4.81. The van der Waals surface area contributed by atoms with Crippen LogP contribution in [0.15, 0.2) is 41.0 Å². The number of amides is 2. The highest BCUT2D eigenvalue weighted by molar-refractivity contribution is 6.32. The first kappa shape index (κ1) is 12.2. The maximum Gasteiger partial charge on any atom is 0.260 e. The molecule has 0 aliphatic rings. The third kappa shape index (κ3) is 2.36. The average molecular weight is 265 g/mol. The minimum Gasteiger partial charge on any atom is -0.452 e. The van der Waals surface area contributed by atoms with Gasteiger partial charge in [0.05, 0.1) is 23.1 Å². The number of anilines is 1. The summed E-state index contributed by atoms with van der Waals surface area (Å²) in [5.41, 5.74) is 5.95. The van der Waals surface area contributed by atoms with Gasteiger partial charge in [-0.3, -0.25) is 9.59 Å². The molecule has 0 aliphatic carbocycles. The Morgan fingerprint density at radius 1 is 1.17 bits per heavy atom. The van der Waals surface area contributed by atoms with Gasteiger partial charge in [-0.1, -0.05) is 12.1 Å². The second-order valence-electron chi connectivity index (χ2n) is 3.47. The summed E-state index contributed by atoms with van der Waals surface area (Å²) in [4.78, 5) is 23.0. The lowest BCUT2D eigenvalue weighted by atomic mass is 10.1. The highest BCUT2D eigenvalue weighted by atomic mass is 35.5. The van der Waals surface area contributed by atoms with E-state index in [1.165, 1.54) is 18.4 Å². The number of hydrogen-bond donors (Lipinski definition) is 2. The molecule has 2 amide bonds. The lowest BCUT2D eigenvalue weighted by Gasteiger charge is -2.07. The molecule has 0 atom stereocenters. The molecule has 0 unspecified atom stereocenters. The Balaban J connectivity index is 2.28. The molecule has 92 valence electrons. The molecule has 0 aliphatic heterocycles. The maximum atomic E-state index is 11.9. The first-order chi connectivity index (χ1) is 8.59. The summed E-state index contributed by atoms with van der Waals surface area (Å²) >= 11 is 5.68. The van der Waals surface area contributed by atoms with E-state index in [4.69, 9.17) is 21.8 Å². The minimum absolute atomic E-state index is 0.0101. The van der Waals surface area contributed by atoms with Crippen molar-refractivity contribution in [3.05, 3.63) is 52.9 Å². The number of primary amides is 1. The third-order valence-electron chi connectivity index (χ3n) is 2.30. The van der Waals surface area contributed by atoms with Crippen LogP contribution in [0, 0.1) is 0 Å². The Morgan fingerprint density at radius 2 is 1.89 bits per heavy atom. The fraction of sp³-hybridized carbons (Fsp3) is 0. The molecule has 3 N–H and O–H groups in total. The smallest absolute Gasteiger partial charge is 0.260 e. The first-order valence-electron chi connectivity index (χ1n) is 5.03. The van der Waals surface area contributed by atoms with Crippen molar-refractivity contribution >= 4 is 29.1 Å². The first-order valence-corrected chi connectivity index (χ1v) is 5.40. The van der Waals surface area contributed by atoms with Gasteiger partial charge >= 0.3 is 0 Å². The van der Waals surface area contributed by atoms with E-state index in [1.807, 2.05) is 0 Å². The Kier molecular flexibility index (Phi) is 3.34. The summed E-state index contributed by atoms with van der Waals surface area (Å²) in [7, 11) is 0. The fourth-order valence-electron chi connectivity index (χ4n) is 1.45. The second-order valence-corrected chi connectivity index (χ2v) is 3.82. The van der Waals surface area contributed by atoms with E-state index in [0.717, 1.165) is 0 Å². The molecule has 0 radical (unpaired) electrons. The number of rotatable bonds is 3. The van der Waals surface area contributed by atoms with Crippen LogP contribution in [-0.2, 0) is 0 Å². The molecule has 6 heteroatoms. The predicted octanol–water partition coefficient (Wildman–Crippen LogP) is 2.28. The summed E-state index contributed by atoms with van der Waals surface area (Å²) in [6.45, 7) is 0. The van der Waals surface area contributed by atoms with Crippen molar-refractivity contribution in [3.8, 4) is 0 Å². The van der Waals surface area contributed by atoms with Crippen LogP contribution in [-0.4, -0.2) is 11.8 Å². The largest absolute Gasteiger partial charge is 0.452 e. The Morgan fingerprint density at radius 3 is 2.50 bits per heavy atom. The molecule has 0 fully saturated rings. The average Bonchev–Trinajstić information content (AvgIpc) is 2.76. The van der Waals surface area contributed by atoms with E-state index in [-0.39, 0.29) is 16.3 Å². The van der Waals surface area contributed by atoms with Gasteiger partial charge in [0.1, 0.15) is 0 Å². The third-order valence-corrected chi connectivity index (χ3v) is 2.60. The molecule has 0 saturated heterocycles.